The molecule has 0 aliphatic rings. The fourth-order valence-electron chi connectivity index (χ4n) is 1.92. The second kappa shape index (κ2) is 8.55. The summed E-state index contributed by atoms with van der Waals surface area (Å²) in [5.41, 5.74) is -8.17. The van der Waals surface area contributed by atoms with Crippen LogP contribution in [0.2, 0.25) is 0 Å². The zero-order valence-electron chi connectivity index (χ0n) is 12.8. The Kier molecular flexibility index (Phi) is 6.89. The normalized spacial score (nSPS) is 13.7. The monoisotopic (exact) mass is 414 g/mol. The molecule has 142 valence electrons. The molecule has 0 bridgehead atoms. The Morgan fingerprint density at radius 2 is 1.42 bits per heavy atom. The first-order chi connectivity index (χ1) is 12.0. The van der Waals surface area contributed by atoms with Gasteiger partial charge in [0, 0.05) is 15.4 Å². The van der Waals surface area contributed by atoms with Gasteiger partial charge in [-0.25, -0.2) is 0 Å². The molecule has 2 nitrogen and oxygen atoms in total. The summed E-state index contributed by atoms with van der Waals surface area (Å²) < 4.78 is 79.1. The first kappa shape index (κ1) is 20.9. The van der Waals surface area contributed by atoms with Gasteiger partial charge in [0.1, 0.15) is 0 Å². The van der Waals surface area contributed by atoms with Crippen molar-refractivity contribution in [1.82, 2.24) is 0 Å². The molecule has 1 unspecified atom stereocenters. The average Bonchev–Trinajstić information content (AvgIpc) is 2.51. The van der Waals surface area contributed by atoms with E-state index in [9.17, 15) is 31.4 Å². The maximum atomic E-state index is 12.4. The van der Waals surface area contributed by atoms with Crippen LogP contribution in [0.25, 0.3) is 0 Å². The summed E-state index contributed by atoms with van der Waals surface area (Å²) in [6, 6.07) is 10.5. The van der Waals surface area contributed by atoms with Crippen molar-refractivity contribution in [2.24, 2.45) is 0 Å². The summed E-state index contributed by atoms with van der Waals surface area (Å²) in [4.78, 5) is -0.0788. The molecular formula is C16H12F6O2S2. The Hall–Kier alpha value is -1.36. The molecule has 1 N–H and O–H groups in total. The highest BCUT2D eigenvalue weighted by molar-refractivity contribution is 8.00. The van der Waals surface area contributed by atoms with E-state index in [1.165, 1.54) is 42.5 Å². The van der Waals surface area contributed by atoms with E-state index in [0.29, 0.717) is 5.56 Å². The molecule has 0 heterocycles. The molecule has 2 rings (SSSR count). The number of aliphatic hydroxyl groups is 1. The Bertz CT molecular complexity index is 716. The second-order valence-electron chi connectivity index (χ2n) is 4.98. The Morgan fingerprint density at radius 1 is 0.846 bits per heavy atom. The third-order valence-electron chi connectivity index (χ3n) is 2.94. The predicted octanol–water partition coefficient (Wildman–Crippen LogP) is 6.12. The molecule has 0 saturated heterocycles. The molecule has 2 aromatic rings. The summed E-state index contributed by atoms with van der Waals surface area (Å²) in [6.07, 6.45) is -1.46. The van der Waals surface area contributed by atoms with Gasteiger partial charge in [-0.05, 0) is 53.4 Å². The Balaban J connectivity index is 1.94. The molecule has 0 aliphatic heterocycles. The maximum absolute atomic E-state index is 12.4. The molecule has 1 atom stereocenters. The molecule has 2 aromatic carbocycles. The maximum Gasteiger partial charge on any atom is 0.446 e. The van der Waals surface area contributed by atoms with Crippen LogP contribution in [0.3, 0.4) is 0 Å². The van der Waals surface area contributed by atoms with Gasteiger partial charge in [-0.3, -0.25) is 0 Å². The number of ether oxygens (including phenoxy) is 1. The Morgan fingerprint density at radius 3 is 2.00 bits per heavy atom. The van der Waals surface area contributed by atoms with E-state index in [2.05, 4.69) is 0 Å². The minimum atomic E-state index is -4.44. The number of alkyl halides is 6. The zero-order valence-corrected chi connectivity index (χ0v) is 14.5. The number of thioether (sulfide) groups is 2. The Labute approximate surface area is 153 Å². The summed E-state index contributed by atoms with van der Waals surface area (Å²) in [7, 11) is 0. The quantitative estimate of drug-likeness (QED) is 0.350. The van der Waals surface area contributed by atoms with E-state index in [1.54, 1.807) is 0 Å². The van der Waals surface area contributed by atoms with Gasteiger partial charge < -0.3 is 9.84 Å². The minimum absolute atomic E-state index is 0.0127. The lowest BCUT2D eigenvalue weighted by Crippen LogP contribution is -2.05. The number of halogens is 6. The van der Waals surface area contributed by atoms with Gasteiger partial charge in [0.25, 0.3) is 0 Å². The lowest BCUT2D eigenvalue weighted by molar-refractivity contribution is -0.112. The standard InChI is InChI=1S/C16H12F6O2S2/c17-15(18,19)25-12-6-4-10(5-7-12)9-24-14(23)11-2-1-3-13(8-11)26-16(20,21)22/h1-8,14,23H,9H2. The second-order valence-corrected chi connectivity index (χ2v) is 7.25. The molecule has 26 heavy (non-hydrogen) atoms. The van der Waals surface area contributed by atoms with Gasteiger partial charge in [-0.15, -0.1) is 0 Å². The van der Waals surface area contributed by atoms with Gasteiger partial charge in [0.2, 0.25) is 0 Å². The van der Waals surface area contributed by atoms with Crippen molar-refractivity contribution in [3.63, 3.8) is 0 Å². The van der Waals surface area contributed by atoms with E-state index < -0.39 is 17.3 Å². The highest BCUT2D eigenvalue weighted by atomic mass is 32.2. The van der Waals surface area contributed by atoms with Crippen LogP contribution in [0, 0.1) is 0 Å². The van der Waals surface area contributed by atoms with E-state index in [-0.39, 0.29) is 45.5 Å². The number of hydrogen-bond donors (Lipinski definition) is 1. The number of hydrogen-bond acceptors (Lipinski definition) is 4. The van der Waals surface area contributed by atoms with Crippen molar-refractivity contribution >= 4 is 23.5 Å². The molecule has 0 radical (unpaired) electrons. The van der Waals surface area contributed by atoms with Gasteiger partial charge >= 0.3 is 11.0 Å². The van der Waals surface area contributed by atoms with Gasteiger partial charge in [-0.2, -0.15) is 26.3 Å². The molecular weight excluding hydrogens is 402 g/mol. The first-order valence-corrected chi connectivity index (χ1v) is 8.65. The van der Waals surface area contributed by atoms with Crippen LogP contribution in [0.4, 0.5) is 26.3 Å². The highest BCUT2D eigenvalue weighted by Crippen LogP contribution is 2.38. The van der Waals surface area contributed by atoms with E-state index in [1.807, 2.05) is 0 Å². The van der Waals surface area contributed by atoms with E-state index in [0.717, 1.165) is 6.07 Å². The predicted molar refractivity (Wildman–Crippen MR) is 86.5 cm³/mol. The fraction of sp³-hybridized carbons (Fsp3) is 0.250. The van der Waals surface area contributed by atoms with Crippen LogP contribution in [0.5, 0.6) is 0 Å². The summed E-state index contributed by atoms with van der Waals surface area (Å²) in [5.74, 6) is 0. The van der Waals surface area contributed by atoms with Gasteiger partial charge in [0.05, 0.1) is 6.61 Å². The highest BCUT2D eigenvalue weighted by Gasteiger charge is 2.30. The molecule has 10 heteroatoms. The molecule has 0 spiro atoms. The largest absolute Gasteiger partial charge is 0.446 e. The molecule has 0 fully saturated rings. The van der Waals surface area contributed by atoms with E-state index in [4.69, 9.17) is 4.74 Å². The topological polar surface area (TPSA) is 29.5 Å². The lowest BCUT2D eigenvalue weighted by atomic mass is 10.2. The third-order valence-corrected chi connectivity index (χ3v) is 4.40. The zero-order chi connectivity index (χ0) is 19.4. The van der Waals surface area contributed by atoms with Crippen LogP contribution in [-0.2, 0) is 11.3 Å². The van der Waals surface area contributed by atoms with E-state index >= 15 is 0 Å². The molecule has 0 aliphatic carbocycles. The molecule has 0 aromatic heterocycles. The van der Waals surface area contributed by atoms with Crippen molar-refractivity contribution in [3.8, 4) is 0 Å². The van der Waals surface area contributed by atoms with Gasteiger partial charge in [0.15, 0.2) is 6.29 Å². The average molecular weight is 414 g/mol. The lowest BCUT2D eigenvalue weighted by Gasteiger charge is -2.14. The summed E-state index contributed by atoms with van der Waals surface area (Å²) in [5, 5.41) is 9.95. The summed E-state index contributed by atoms with van der Waals surface area (Å²) in [6.45, 7) is -0.116. The van der Waals surface area contributed by atoms with Crippen molar-refractivity contribution < 1.29 is 36.2 Å². The SMILES string of the molecule is OC(OCc1ccc(SC(F)(F)F)cc1)c1cccc(SC(F)(F)F)c1. The summed E-state index contributed by atoms with van der Waals surface area (Å²) >= 11 is -0.556. The van der Waals surface area contributed by atoms with Crippen molar-refractivity contribution in [3.05, 3.63) is 59.7 Å². The van der Waals surface area contributed by atoms with Crippen LogP contribution in [0.15, 0.2) is 58.3 Å². The number of aliphatic hydroxyl groups excluding tert-OH is 1. The fourth-order valence-corrected chi connectivity index (χ4v) is 3.07. The third kappa shape index (κ3) is 7.48. The van der Waals surface area contributed by atoms with Crippen LogP contribution >= 0.6 is 23.5 Å². The number of rotatable bonds is 6. The van der Waals surface area contributed by atoms with Crippen molar-refractivity contribution in [1.29, 1.82) is 0 Å². The van der Waals surface area contributed by atoms with Crippen LogP contribution in [0.1, 0.15) is 17.4 Å². The van der Waals surface area contributed by atoms with Crippen LogP contribution < -0.4 is 0 Å². The van der Waals surface area contributed by atoms with Crippen molar-refractivity contribution in [2.45, 2.75) is 33.7 Å². The minimum Gasteiger partial charge on any atom is -0.364 e. The smallest absolute Gasteiger partial charge is 0.364 e. The first-order valence-electron chi connectivity index (χ1n) is 7.02. The molecule has 0 amide bonds. The van der Waals surface area contributed by atoms with Crippen LogP contribution in [-0.4, -0.2) is 16.1 Å². The number of benzene rings is 2. The van der Waals surface area contributed by atoms with Gasteiger partial charge in [-0.1, -0.05) is 24.3 Å². The molecule has 0 saturated carbocycles. The van der Waals surface area contributed by atoms with Crippen molar-refractivity contribution in [2.75, 3.05) is 0 Å².